The molecule has 1 aromatic heterocycles. The normalized spacial score (nSPS) is 16.6. The Hall–Kier alpha value is -0.360. The van der Waals surface area contributed by atoms with Crippen LogP contribution in [-0.2, 0) is 11.3 Å². The molecule has 2 rings (SSSR count). The number of nitrogens with one attached hydrogen (secondary N) is 1. The van der Waals surface area contributed by atoms with Gasteiger partial charge in [0, 0.05) is 11.1 Å². The maximum atomic E-state index is 11.9. The molecule has 4 nitrogen and oxygen atoms in total. The predicted octanol–water partition coefficient (Wildman–Crippen LogP) is 2.18. The third-order valence-corrected chi connectivity index (χ3v) is 3.95. The van der Waals surface area contributed by atoms with Crippen LogP contribution in [0.4, 0.5) is 0 Å². The maximum absolute atomic E-state index is 11.9. The van der Waals surface area contributed by atoms with Crippen LogP contribution in [0.15, 0.2) is 6.20 Å². The molecule has 1 saturated carbocycles. The largest absolute Gasteiger partial charge is 0.350 e. The van der Waals surface area contributed by atoms with Crippen LogP contribution < -0.4 is 11.1 Å². The Bertz CT molecular complexity index is 391. The lowest BCUT2D eigenvalue weighted by molar-refractivity contribution is -0.126. The van der Waals surface area contributed by atoms with Gasteiger partial charge < -0.3 is 11.1 Å². The van der Waals surface area contributed by atoms with E-state index in [1.54, 1.807) is 17.5 Å². The fourth-order valence-electron chi connectivity index (χ4n) is 2.06. The van der Waals surface area contributed by atoms with Gasteiger partial charge >= 0.3 is 0 Å². The van der Waals surface area contributed by atoms with Crippen molar-refractivity contribution in [2.24, 2.45) is 5.73 Å². The quantitative estimate of drug-likeness (QED) is 0.899. The summed E-state index contributed by atoms with van der Waals surface area (Å²) in [6.45, 7) is 2.50. The Balaban J connectivity index is 0.00000144. The summed E-state index contributed by atoms with van der Waals surface area (Å²) in [6, 6.07) is 0. The van der Waals surface area contributed by atoms with Crippen LogP contribution in [0.1, 0.15) is 35.6 Å². The summed E-state index contributed by atoms with van der Waals surface area (Å²) in [5.74, 6) is -0.0175. The third kappa shape index (κ3) is 4.09. The van der Waals surface area contributed by atoms with E-state index in [0.29, 0.717) is 6.54 Å². The first kappa shape index (κ1) is 17.6. The van der Waals surface area contributed by atoms with Gasteiger partial charge in [0.15, 0.2) is 0 Å². The van der Waals surface area contributed by atoms with E-state index in [1.807, 2.05) is 6.92 Å². The lowest BCUT2D eigenvalue weighted by atomic mass is 9.98. The van der Waals surface area contributed by atoms with Crippen LogP contribution in [0.25, 0.3) is 0 Å². The van der Waals surface area contributed by atoms with Crippen LogP contribution in [-0.4, -0.2) is 16.4 Å². The summed E-state index contributed by atoms with van der Waals surface area (Å²) >= 11 is 1.60. The fraction of sp³-hybridized carbons (Fsp3) is 0.636. The first-order chi connectivity index (χ1) is 7.60. The third-order valence-electron chi connectivity index (χ3n) is 3.04. The Morgan fingerprint density at radius 1 is 1.50 bits per heavy atom. The van der Waals surface area contributed by atoms with E-state index in [0.717, 1.165) is 35.6 Å². The Kier molecular flexibility index (Phi) is 7.14. The molecule has 0 atom stereocenters. The maximum Gasteiger partial charge on any atom is 0.240 e. The summed E-state index contributed by atoms with van der Waals surface area (Å²) in [5, 5.41) is 3.92. The van der Waals surface area contributed by atoms with Crippen LogP contribution >= 0.6 is 36.2 Å². The van der Waals surface area contributed by atoms with E-state index in [-0.39, 0.29) is 30.7 Å². The van der Waals surface area contributed by atoms with Gasteiger partial charge in [-0.25, -0.2) is 4.98 Å². The molecule has 1 aliphatic carbocycles. The number of aryl methyl sites for hydroxylation is 1. The molecule has 1 fully saturated rings. The summed E-state index contributed by atoms with van der Waals surface area (Å²) in [4.78, 5) is 17.1. The minimum atomic E-state index is -0.625. The van der Waals surface area contributed by atoms with E-state index in [9.17, 15) is 4.79 Å². The van der Waals surface area contributed by atoms with Gasteiger partial charge in [0.05, 0.1) is 17.1 Å². The van der Waals surface area contributed by atoms with Crippen molar-refractivity contribution in [3.05, 3.63) is 16.1 Å². The summed E-state index contributed by atoms with van der Waals surface area (Å²) in [6.07, 6.45) is 5.53. The van der Waals surface area contributed by atoms with Crippen molar-refractivity contribution in [2.75, 3.05) is 0 Å². The SMILES string of the molecule is Cc1ncc(CNC(=O)C2(N)CCCC2)s1.Cl.Cl. The van der Waals surface area contributed by atoms with Crippen molar-refractivity contribution < 1.29 is 4.79 Å². The molecule has 0 unspecified atom stereocenters. The molecule has 0 spiro atoms. The molecule has 0 saturated heterocycles. The Morgan fingerprint density at radius 2 is 2.11 bits per heavy atom. The number of hydrogen-bond donors (Lipinski definition) is 2. The highest BCUT2D eigenvalue weighted by Crippen LogP contribution is 2.27. The Labute approximate surface area is 124 Å². The first-order valence-electron chi connectivity index (χ1n) is 5.59. The van der Waals surface area contributed by atoms with Crippen molar-refractivity contribution in [1.82, 2.24) is 10.3 Å². The molecule has 3 N–H and O–H groups in total. The zero-order valence-electron chi connectivity index (χ0n) is 10.3. The van der Waals surface area contributed by atoms with Gasteiger partial charge in [0.2, 0.25) is 5.91 Å². The monoisotopic (exact) mass is 311 g/mol. The van der Waals surface area contributed by atoms with Crippen LogP contribution in [0.2, 0.25) is 0 Å². The minimum absolute atomic E-state index is 0. The number of rotatable bonds is 3. The molecule has 0 aromatic carbocycles. The van der Waals surface area contributed by atoms with E-state index in [4.69, 9.17) is 5.73 Å². The lowest BCUT2D eigenvalue weighted by Crippen LogP contribution is -2.51. The van der Waals surface area contributed by atoms with Crippen molar-refractivity contribution >= 4 is 42.1 Å². The van der Waals surface area contributed by atoms with Crippen LogP contribution in [0, 0.1) is 6.92 Å². The molecule has 1 aromatic rings. The topological polar surface area (TPSA) is 68.0 Å². The summed E-state index contributed by atoms with van der Waals surface area (Å²) in [7, 11) is 0. The average Bonchev–Trinajstić information content (AvgIpc) is 2.85. The second kappa shape index (κ2) is 7.28. The summed E-state index contributed by atoms with van der Waals surface area (Å²) in [5.41, 5.74) is 5.42. The van der Waals surface area contributed by atoms with Crippen LogP contribution in [0.5, 0.6) is 0 Å². The van der Waals surface area contributed by atoms with Gasteiger partial charge in [-0.05, 0) is 19.8 Å². The van der Waals surface area contributed by atoms with Gasteiger partial charge in [0.1, 0.15) is 0 Å². The molecular weight excluding hydrogens is 293 g/mol. The van der Waals surface area contributed by atoms with Gasteiger partial charge in [-0.3, -0.25) is 4.79 Å². The number of carbonyl (C=O) groups is 1. The number of carbonyl (C=O) groups excluding carboxylic acids is 1. The molecule has 7 heteroatoms. The second-order valence-corrected chi connectivity index (χ2v) is 5.71. The van der Waals surface area contributed by atoms with E-state index in [1.165, 1.54) is 0 Å². The van der Waals surface area contributed by atoms with Gasteiger partial charge in [0.25, 0.3) is 0 Å². The molecule has 104 valence electrons. The average molecular weight is 312 g/mol. The molecule has 1 aliphatic rings. The first-order valence-corrected chi connectivity index (χ1v) is 6.40. The van der Waals surface area contributed by atoms with Gasteiger partial charge in [-0.1, -0.05) is 12.8 Å². The molecule has 0 radical (unpaired) electrons. The van der Waals surface area contributed by atoms with E-state index in [2.05, 4.69) is 10.3 Å². The number of nitrogens with zero attached hydrogens (tertiary/aromatic N) is 1. The zero-order chi connectivity index (χ0) is 11.6. The molecule has 1 amide bonds. The minimum Gasteiger partial charge on any atom is -0.350 e. The molecule has 18 heavy (non-hydrogen) atoms. The smallest absolute Gasteiger partial charge is 0.240 e. The van der Waals surface area contributed by atoms with Crippen LogP contribution in [0.3, 0.4) is 0 Å². The molecule has 0 aliphatic heterocycles. The standard InChI is InChI=1S/C11H17N3OS.2ClH/c1-8-13-6-9(16-8)7-14-10(15)11(12)4-2-3-5-11;;/h6H,2-5,7,12H2,1H3,(H,14,15);2*1H. The van der Waals surface area contributed by atoms with E-state index >= 15 is 0 Å². The molecule has 0 bridgehead atoms. The number of halogens is 2. The number of amides is 1. The highest BCUT2D eigenvalue weighted by Gasteiger charge is 2.36. The fourth-order valence-corrected chi connectivity index (χ4v) is 2.80. The summed E-state index contributed by atoms with van der Waals surface area (Å²) < 4.78 is 0. The number of aromatic nitrogens is 1. The highest BCUT2D eigenvalue weighted by molar-refractivity contribution is 7.11. The van der Waals surface area contributed by atoms with Crippen molar-refractivity contribution in [3.8, 4) is 0 Å². The van der Waals surface area contributed by atoms with Crippen molar-refractivity contribution in [1.29, 1.82) is 0 Å². The Morgan fingerprint density at radius 3 is 2.61 bits per heavy atom. The number of thiazole rings is 1. The second-order valence-electron chi connectivity index (χ2n) is 4.39. The zero-order valence-corrected chi connectivity index (χ0v) is 12.7. The molecular formula is C11H19Cl2N3OS. The van der Waals surface area contributed by atoms with Gasteiger partial charge in [-0.15, -0.1) is 36.2 Å². The lowest BCUT2D eigenvalue weighted by Gasteiger charge is -2.21. The van der Waals surface area contributed by atoms with Crippen molar-refractivity contribution in [2.45, 2.75) is 44.7 Å². The number of hydrogen-bond acceptors (Lipinski definition) is 4. The van der Waals surface area contributed by atoms with Crippen molar-refractivity contribution in [3.63, 3.8) is 0 Å². The molecule has 1 heterocycles. The predicted molar refractivity (Wildman–Crippen MR) is 78.6 cm³/mol. The number of nitrogens with two attached hydrogens (primary N) is 1. The van der Waals surface area contributed by atoms with Gasteiger partial charge in [-0.2, -0.15) is 0 Å². The van der Waals surface area contributed by atoms with E-state index < -0.39 is 5.54 Å². The highest BCUT2D eigenvalue weighted by atomic mass is 35.5.